The summed E-state index contributed by atoms with van der Waals surface area (Å²) in [6, 6.07) is 3.73. The molecular weight excluding hydrogens is 242 g/mol. The van der Waals surface area contributed by atoms with E-state index in [1.54, 1.807) is 0 Å². The van der Waals surface area contributed by atoms with Gasteiger partial charge in [0.15, 0.2) is 11.6 Å². The molecule has 0 saturated carbocycles. The molecule has 2 unspecified atom stereocenters. The van der Waals surface area contributed by atoms with Gasteiger partial charge in [-0.05, 0) is 12.5 Å². The zero-order valence-electron chi connectivity index (χ0n) is 9.94. The molecule has 5 heteroatoms. The molecule has 2 atom stereocenters. The van der Waals surface area contributed by atoms with Crippen LogP contribution in [0.3, 0.4) is 0 Å². The van der Waals surface area contributed by atoms with Crippen molar-refractivity contribution in [1.82, 2.24) is 0 Å². The number of benzene rings is 1. The first kappa shape index (κ1) is 13.4. The van der Waals surface area contributed by atoms with Crippen LogP contribution in [-0.4, -0.2) is 31.5 Å². The summed E-state index contributed by atoms with van der Waals surface area (Å²) in [5.74, 6) is -1.65. The van der Waals surface area contributed by atoms with Crippen molar-refractivity contribution in [2.45, 2.75) is 12.5 Å². The van der Waals surface area contributed by atoms with Gasteiger partial charge in [0.05, 0.1) is 19.8 Å². The molecule has 1 aromatic rings. The average Bonchev–Trinajstić information content (AvgIpc) is 2.85. The second kappa shape index (κ2) is 6.22. The highest BCUT2D eigenvalue weighted by Gasteiger charge is 2.19. The van der Waals surface area contributed by atoms with E-state index in [-0.39, 0.29) is 12.2 Å². The number of rotatable bonds is 5. The largest absolute Gasteiger partial charge is 0.386 e. The van der Waals surface area contributed by atoms with Crippen LogP contribution in [0.5, 0.6) is 0 Å². The molecule has 100 valence electrons. The fourth-order valence-corrected chi connectivity index (χ4v) is 1.93. The van der Waals surface area contributed by atoms with Crippen LogP contribution >= 0.6 is 0 Å². The summed E-state index contributed by atoms with van der Waals surface area (Å²) in [5, 5.41) is 9.74. The van der Waals surface area contributed by atoms with Crippen molar-refractivity contribution in [2.24, 2.45) is 5.92 Å². The summed E-state index contributed by atoms with van der Waals surface area (Å²) in [6.45, 7) is 1.81. The Bertz CT molecular complexity index is 392. The third-order valence-electron chi connectivity index (χ3n) is 2.99. The second-order valence-corrected chi connectivity index (χ2v) is 4.43. The second-order valence-electron chi connectivity index (χ2n) is 4.43. The smallest absolute Gasteiger partial charge is 0.164 e. The first-order chi connectivity index (χ1) is 8.68. The third kappa shape index (κ3) is 3.25. The van der Waals surface area contributed by atoms with Gasteiger partial charge in [0.2, 0.25) is 0 Å². The number of hydrogen-bond acceptors (Lipinski definition) is 3. The molecule has 2 rings (SSSR count). The van der Waals surface area contributed by atoms with E-state index in [9.17, 15) is 13.9 Å². The number of hydrogen-bond donors (Lipinski definition) is 1. The van der Waals surface area contributed by atoms with E-state index in [2.05, 4.69) is 0 Å². The molecule has 18 heavy (non-hydrogen) atoms. The van der Waals surface area contributed by atoms with E-state index >= 15 is 0 Å². The van der Waals surface area contributed by atoms with Crippen LogP contribution in [0.2, 0.25) is 0 Å². The van der Waals surface area contributed by atoms with Gasteiger partial charge in [-0.25, -0.2) is 8.78 Å². The van der Waals surface area contributed by atoms with Gasteiger partial charge in [0.1, 0.15) is 6.10 Å². The molecule has 1 heterocycles. The van der Waals surface area contributed by atoms with Crippen molar-refractivity contribution < 1.29 is 23.4 Å². The number of aliphatic hydroxyl groups excluding tert-OH is 1. The Hall–Kier alpha value is -1.04. The molecule has 0 aliphatic carbocycles. The molecule has 1 aliphatic rings. The summed E-state index contributed by atoms with van der Waals surface area (Å²) in [4.78, 5) is 0. The van der Waals surface area contributed by atoms with Crippen LogP contribution in [0.15, 0.2) is 18.2 Å². The molecule has 0 amide bonds. The molecule has 0 bridgehead atoms. The van der Waals surface area contributed by atoms with Crippen molar-refractivity contribution in [2.75, 3.05) is 26.4 Å². The first-order valence-corrected chi connectivity index (χ1v) is 5.96. The molecule has 1 saturated heterocycles. The van der Waals surface area contributed by atoms with E-state index in [4.69, 9.17) is 9.47 Å². The van der Waals surface area contributed by atoms with Gasteiger partial charge in [-0.3, -0.25) is 0 Å². The van der Waals surface area contributed by atoms with Gasteiger partial charge < -0.3 is 14.6 Å². The highest BCUT2D eigenvalue weighted by molar-refractivity contribution is 5.21. The zero-order valence-corrected chi connectivity index (χ0v) is 9.94. The minimum absolute atomic E-state index is 0.0448. The number of halogens is 2. The first-order valence-electron chi connectivity index (χ1n) is 5.96. The van der Waals surface area contributed by atoms with Crippen LogP contribution in [0.4, 0.5) is 8.78 Å². The highest BCUT2D eigenvalue weighted by Crippen LogP contribution is 2.20. The predicted octanol–water partition coefficient (Wildman–Crippen LogP) is 2.05. The Morgan fingerprint density at radius 1 is 1.44 bits per heavy atom. The van der Waals surface area contributed by atoms with Crippen molar-refractivity contribution in [3.8, 4) is 0 Å². The Balaban J connectivity index is 1.83. The van der Waals surface area contributed by atoms with Crippen LogP contribution in [0.25, 0.3) is 0 Å². The maximum atomic E-state index is 13.4. The molecule has 1 aromatic carbocycles. The maximum Gasteiger partial charge on any atom is 0.164 e. The number of ether oxygens (including phenoxy) is 2. The topological polar surface area (TPSA) is 38.7 Å². The lowest BCUT2D eigenvalue weighted by molar-refractivity contribution is 0.0168. The van der Waals surface area contributed by atoms with Crippen molar-refractivity contribution in [3.05, 3.63) is 35.4 Å². The van der Waals surface area contributed by atoms with Crippen LogP contribution < -0.4 is 0 Å². The van der Waals surface area contributed by atoms with E-state index in [1.807, 2.05) is 0 Å². The van der Waals surface area contributed by atoms with Crippen LogP contribution in [-0.2, 0) is 9.47 Å². The molecule has 0 aromatic heterocycles. The molecule has 0 spiro atoms. The van der Waals surface area contributed by atoms with Gasteiger partial charge in [-0.1, -0.05) is 12.1 Å². The minimum Gasteiger partial charge on any atom is -0.386 e. The van der Waals surface area contributed by atoms with Crippen molar-refractivity contribution in [1.29, 1.82) is 0 Å². The summed E-state index contributed by atoms with van der Waals surface area (Å²) >= 11 is 0. The van der Waals surface area contributed by atoms with E-state index in [1.165, 1.54) is 12.1 Å². The third-order valence-corrected chi connectivity index (χ3v) is 2.99. The van der Waals surface area contributed by atoms with Gasteiger partial charge >= 0.3 is 0 Å². The van der Waals surface area contributed by atoms with Crippen LogP contribution in [0, 0.1) is 17.6 Å². The van der Waals surface area contributed by atoms with E-state index in [0.29, 0.717) is 19.1 Å². The number of aliphatic hydroxyl groups is 1. The van der Waals surface area contributed by atoms with Gasteiger partial charge in [-0.2, -0.15) is 0 Å². The predicted molar refractivity (Wildman–Crippen MR) is 61.1 cm³/mol. The zero-order chi connectivity index (χ0) is 13.0. The fraction of sp³-hybridized carbons (Fsp3) is 0.538. The SMILES string of the molecule is OC(COCC1CCOC1)c1cccc(F)c1F. The minimum atomic E-state index is -1.15. The molecule has 3 nitrogen and oxygen atoms in total. The summed E-state index contributed by atoms with van der Waals surface area (Å²) in [5.41, 5.74) is -0.0716. The molecule has 1 aliphatic heterocycles. The Morgan fingerprint density at radius 3 is 3.00 bits per heavy atom. The van der Waals surface area contributed by atoms with Gasteiger partial charge in [0, 0.05) is 18.1 Å². The Morgan fingerprint density at radius 2 is 2.28 bits per heavy atom. The van der Waals surface area contributed by atoms with Crippen LogP contribution in [0.1, 0.15) is 18.1 Å². The lowest BCUT2D eigenvalue weighted by Gasteiger charge is -2.14. The van der Waals surface area contributed by atoms with Gasteiger partial charge in [0.25, 0.3) is 0 Å². The lowest BCUT2D eigenvalue weighted by atomic mass is 10.1. The Labute approximate surface area is 104 Å². The van der Waals surface area contributed by atoms with Crippen molar-refractivity contribution >= 4 is 0 Å². The normalized spacial score (nSPS) is 21.2. The van der Waals surface area contributed by atoms with Gasteiger partial charge in [-0.15, -0.1) is 0 Å². The molecule has 1 fully saturated rings. The summed E-state index contributed by atoms with van der Waals surface area (Å²) < 4.78 is 36.8. The lowest BCUT2D eigenvalue weighted by Crippen LogP contribution is -2.15. The summed E-state index contributed by atoms with van der Waals surface area (Å²) in [6.07, 6.45) is -0.215. The average molecular weight is 258 g/mol. The fourth-order valence-electron chi connectivity index (χ4n) is 1.93. The molecular formula is C13H16F2O3. The summed E-state index contributed by atoms with van der Waals surface area (Å²) in [7, 11) is 0. The standard InChI is InChI=1S/C13H16F2O3/c14-11-3-1-2-10(13(11)15)12(16)8-18-7-9-4-5-17-6-9/h1-3,9,12,16H,4-8H2. The van der Waals surface area contributed by atoms with E-state index < -0.39 is 17.7 Å². The quantitative estimate of drug-likeness (QED) is 0.878. The Kier molecular flexibility index (Phi) is 4.63. The molecule has 0 radical (unpaired) electrons. The van der Waals surface area contributed by atoms with E-state index in [0.717, 1.165) is 19.1 Å². The highest BCUT2D eigenvalue weighted by atomic mass is 19.2. The maximum absolute atomic E-state index is 13.4. The monoisotopic (exact) mass is 258 g/mol. The molecule has 1 N–H and O–H groups in total. The van der Waals surface area contributed by atoms with Crippen molar-refractivity contribution in [3.63, 3.8) is 0 Å².